The maximum atomic E-state index is 13.1. The van der Waals surface area contributed by atoms with Gasteiger partial charge in [-0.05, 0) is 61.2 Å². The van der Waals surface area contributed by atoms with E-state index in [2.05, 4.69) is 10.6 Å². The number of piperidine rings is 1. The second-order valence-corrected chi connectivity index (χ2v) is 10.7. The SMILES string of the molecule is CC(C)C(=O)Nc1ccc(NC(=O)c2ccc(Cl)c(S(=O)(=O)N3CCC[C@@H](C)C3)c2)cc1. The van der Waals surface area contributed by atoms with Crippen molar-refractivity contribution in [1.82, 2.24) is 4.31 Å². The molecule has 0 unspecified atom stereocenters. The van der Waals surface area contributed by atoms with Gasteiger partial charge in [-0.25, -0.2) is 8.42 Å². The van der Waals surface area contributed by atoms with Gasteiger partial charge in [0.1, 0.15) is 4.90 Å². The first kappa shape index (κ1) is 24.2. The van der Waals surface area contributed by atoms with Gasteiger partial charge < -0.3 is 10.6 Å². The lowest BCUT2D eigenvalue weighted by molar-refractivity contribution is -0.118. The standard InChI is InChI=1S/C23H28ClN3O4S/c1-15(2)22(28)25-18-7-9-19(10-8-18)26-23(29)17-6-11-20(24)21(13-17)32(30,31)27-12-4-5-16(3)14-27/h6-11,13,15-16H,4-5,12,14H2,1-3H3,(H,25,28)(H,26,29)/t16-/m1/s1. The zero-order valence-electron chi connectivity index (χ0n) is 18.4. The van der Waals surface area contributed by atoms with Crippen molar-refractivity contribution in [3.8, 4) is 0 Å². The summed E-state index contributed by atoms with van der Waals surface area (Å²) in [7, 11) is -3.80. The summed E-state index contributed by atoms with van der Waals surface area (Å²) in [5, 5.41) is 5.61. The molecule has 0 radical (unpaired) electrons. The number of hydrogen-bond acceptors (Lipinski definition) is 4. The average molecular weight is 478 g/mol. The van der Waals surface area contributed by atoms with Crippen molar-refractivity contribution < 1.29 is 18.0 Å². The van der Waals surface area contributed by atoms with Gasteiger partial charge >= 0.3 is 0 Å². The molecule has 3 rings (SSSR count). The van der Waals surface area contributed by atoms with E-state index in [1.807, 2.05) is 6.92 Å². The maximum absolute atomic E-state index is 13.1. The van der Waals surface area contributed by atoms with Crippen LogP contribution in [0.15, 0.2) is 47.4 Å². The zero-order valence-corrected chi connectivity index (χ0v) is 20.0. The minimum absolute atomic E-state index is 0.0623. The summed E-state index contributed by atoms with van der Waals surface area (Å²) in [5.74, 6) is -0.418. The van der Waals surface area contributed by atoms with Crippen LogP contribution in [0.4, 0.5) is 11.4 Å². The maximum Gasteiger partial charge on any atom is 0.255 e. The van der Waals surface area contributed by atoms with Gasteiger partial charge in [-0.2, -0.15) is 4.31 Å². The molecule has 0 aromatic heterocycles. The van der Waals surface area contributed by atoms with Crippen LogP contribution in [0, 0.1) is 11.8 Å². The van der Waals surface area contributed by atoms with E-state index in [4.69, 9.17) is 11.6 Å². The third kappa shape index (κ3) is 5.68. The van der Waals surface area contributed by atoms with E-state index in [0.29, 0.717) is 24.5 Å². The number of amides is 2. The number of anilines is 2. The number of carbonyl (C=O) groups excluding carboxylic acids is 2. The lowest BCUT2D eigenvalue weighted by Crippen LogP contribution is -2.39. The van der Waals surface area contributed by atoms with Crippen LogP contribution in [-0.2, 0) is 14.8 Å². The Kier molecular flexibility index (Phi) is 7.59. The van der Waals surface area contributed by atoms with E-state index in [0.717, 1.165) is 12.8 Å². The molecule has 0 aliphatic carbocycles. The summed E-state index contributed by atoms with van der Waals surface area (Å²) >= 11 is 6.21. The number of halogens is 1. The zero-order chi connectivity index (χ0) is 23.5. The molecular weight excluding hydrogens is 450 g/mol. The molecule has 2 amide bonds. The molecule has 1 atom stereocenters. The van der Waals surface area contributed by atoms with Crippen molar-refractivity contribution in [1.29, 1.82) is 0 Å². The lowest BCUT2D eigenvalue weighted by atomic mass is 10.0. The Morgan fingerprint density at radius 2 is 1.69 bits per heavy atom. The monoisotopic (exact) mass is 477 g/mol. The van der Waals surface area contributed by atoms with Gasteiger partial charge in [-0.3, -0.25) is 9.59 Å². The molecule has 1 aliphatic rings. The van der Waals surface area contributed by atoms with Crippen LogP contribution >= 0.6 is 11.6 Å². The van der Waals surface area contributed by atoms with E-state index in [9.17, 15) is 18.0 Å². The third-order valence-electron chi connectivity index (χ3n) is 5.37. The lowest BCUT2D eigenvalue weighted by Gasteiger charge is -2.30. The van der Waals surface area contributed by atoms with Crippen LogP contribution in [0.25, 0.3) is 0 Å². The fourth-order valence-electron chi connectivity index (χ4n) is 3.47. The number of sulfonamides is 1. The molecule has 7 nitrogen and oxygen atoms in total. The molecule has 9 heteroatoms. The molecule has 32 heavy (non-hydrogen) atoms. The van der Waals surface area contributed by atoms with Crippen LogP contribution in [0.2, 0.25) is 5.02 Å². The molecule has 172 valence electrons. The number of carbonyl (C=O) groups is 2. The van der Waals surface area contributed by atoms with E-state index < -0.39 is 15.9 Å². The highest BCUT2D eigenvalue weighted by Crippen LogP contribution is 2.29. The molecule has 0 saturated carbocycles. The van der Waals surface area contributed by atoms with E-state index >= 15 is 0 Å². The van der Waals surface area contributed by atoms with Crippen LogP contribution in [0.1, 0.15) is 44.0 Å². The smallest absolute Gasteiger partial charge is 0.255 e. The number of rotatable bonds is 6. The molecule has 0 bridgehead atoms. The molecule has 1 saturated heterocycles. The number of nitrogens with one attached hydrogen (secondary N) is 2. The molecule has 1 fully saturated rings. The van der Waals surface area contributed by atoms with E-state index in [1.165, 1.54) is 22.5 Å². The Balaban J connectivity index is 1.76. The van der Waals surface area contributed by atoms with E-state index in [-0.39, 0.29) is 33.2 Å². The predicted molar refractivity (Wildman–Crippen MR) is 126 cm³/mol. The summed E-state index contributed by atoms with van der Waals surface area (Å²) < 4.78 is 27.7. The van der Waals surface area contributed by atoms with Crippen molar-refractivity contribution >= 4 is 44.8 Å². The normalized spacial score (nSPS) is 17.2. The van der Waals surface area contributed by atoms with Gasteiger partial charge in [0, 0.05) is 35.9 Å². The number of hydrogen-bond donors (Lipinski definition) is 2. The van der Waals surface area contributed by atoms with Gasteiger partial charge in [-0.1, -0.05) is 32.4 Å². The highest BCUT2D eigenvalue weighted by atomic mass is 35.5. The van der Waals surface area contributed by atoms with Crippen LogP contribution in [-0.4, -0.2) is 37.6 Å². The van der Waals surface area contributed by atoms with Crippen LogP contribution in [0.5, 0.6) is 0 Å². The first-order valence-corrected chi connectivity index (χ1v) is 12.4. The molecule has 1 aliphatic heterocycles. The fourth-order valence-corrected chi connectivity index (χ4v) is 5.57. The molecule has 1 heterocycles. The first-order valence-electron chi connectivity index (χ1n) is 10.6. The Morgan fingerprint density at radius 3 is 2.28 bits per heavy atom. The largest absolute Gasteiger partial charge is 0.326 e. The highest BCUT2D eigenvalue weighted by molar-refractivity contribution is 7.89. The minimum Gasteiger partial charge on any atom is -0.326 e. The quantitative estimate of drug-likeness (QED) is 0.635. The van der Waals surface area contributed by atoms with Crippen LogP contribution in [0.3, 0.4) is 0 Å². The summed E-state index contributed by atoms with van der Waals surface area (Å²) in [6, 6.07) is 10.9. The predicted octanol–water partition coefficient (Wildman–Crippen LogP) is 4.61. The van der Waals surface area contributed by atoms with Gasteiger partial charge in [0.2, 0.25) is 15.9 Å². The number of nitrogens with zero attached hydrogens (tertiary/aromatic N) is 1. The van der Waals surface area contributed by atoms with Crippen molar-refractivity contribution in [2.24, 2.45) is 11.8 Å². The summed E-state index contributed by atoms with van der Waals surface area (Å²) in [4.78, 5) is 24.5. The Labute approximate surface area is 194 Å². The van der Waals surface area contributed by atoms with Gasteiger partial charge in [0.25, 0.3) is 5.91 Å². The van der Waals surface area contributed by atoms with Crippen molar-refractivity contribution in [2.75, 3.05) is 23.7 Å². The Hall–Kier alpha value is -2.42. The molecule has 0 spiro atoms. The second kappa shape index (κ2) is 10.0. The topological polar surface area (TPSA) is 95.6 Å². The van der Waals surface area contributed by atoms with Gasteiger partial charge in [0.15, 0.2) is 0 Å². The molecule has 2 aromatic rings. The van der Waals surface area contributed by atoms with Crippen molar-refractivity contribution in [2.45, 2.75) is 38.5 Å². The van der Waals surface area contributed by atoms with E-state index in [1.54, 1.807) is 38.1 Å². The minimum atomic E-state index is -3.80. The molecule has 2 N–H and O–H groups in total. The van der Waals surface area contributed by atoms with Gasteiger partial charge in [0.05, 0.1) is 5.02 Å². The molecule has 2 aromatic carbocycles. The highest BCUT2D eigenvalue weighted by Gasteiger charge is 2.31. The second-order valence-electron chi connectivity index (χ2n) is 8.43. The Morgan fingerprint density at radius 1 is 1.06 bits per heavy atom. The summed E-state index contributed by atoms with van der Waals surface area (Å²) in [5.41, 5.74) is 1.33. The fraction of sp³-hybridized carbons (Fsp3) is 0.391. The number of benzene rings is 2. The Bertz CT molecular complexity index is 1100. The first-order chi connectivity index (χ1) is 15.1. The van der Waals surface area contributed by atoms with Gasteiger partial charge in [-0.15, -0.1) is 0 Å². The molecular formula is C23H28ClN3O4S. The van der Waals surface area contributed by atoms with Crippen LogP contribution < -0.4 is 10.6 Å². The summed E-state index contributed by atoms with van der Waals surface area (Å²) in [6.07, 6.45) is 1.79. The van der Waals surface area contributed by atoms with Crippen molar-refractivity contribution in [3.05, 3.63) is 53.1 Å². The third-order valence-corrected chi connectivity index (χ3v) is 7.71. The average Bonchev–Trinajstić information content (AvgIpc) is 2.75. The summed E-state index contributed by atoms with van der Waals surface area (Å²) in [6.45, 7) is 6.51. The van der Waals surface area contributed by atoms with Crippen molar-refractivity contribution in [3.63, 3.8) is 0 Å².